The number of phosphoric acid groups is 1. The third-order valence-corrected chi connectivity index (χ3v) is 5.28. The Labute approximate surface area is 169 Å². The zero-order valence-electron chi connectivity index (χ0n) is 17.2. The van der Waals surface area contributed by atoms with Crippen LogP contribution in [0.1, 0.15) is 84.0 Å². The number of epoxide rings is 1. The largest absolute Gasteiger partial charge is 0.529 e. The minimum absolute atomic E-state index is 0.0231. The van der Waals surface area contributed by atoms with Crippen LogP contribution in [0.5, 0.6) is 0 Å². The molecule has 2 atom stereocenters. The molecule has 0 saturated carbocycles. The summed E-state index contributed by atoms with van der Waals surface area (Å²) in [7, 11) is -4.29. The molecule has 0 aromatic carbocycles. The van der Waals surface area contributed by atoms with E-state index in [1.54, 1.807) is 0 Å². The van der Waals surface area contributed by atoms with E-state index in [-0.39, 0.29) is 19.1 Å². The Morgan fingerprint density at radius 1 is 1.04 bits per heavy atom. The Kier molecular flexibility index (Phi) is 14.3. The molecule has 0 bridgehead atoms. The first kappa shape index (κ1) is 25.1. The van der Waals surface area contributed by atoms with Crippen molar-refractivity contribution in [3.63, 3.8) is 0 Å². The van der Waals surface area contributed by atoms with Gasteiger partial charge in [-0.3, -0.25) is 14.2 Å². The van der Waals surface area contributed by atoms with Gasteiger partial charge in [-0.05, 0) is 38.5 Å². The van der Waals surface area contributed by atoms with Gasteiger partial charge < -0.3 is 9.26 Å². The van der Waals surface area contributed by atoms with Crippen LogP contribution < -0.4 is 0 Å². The van der Waals surface area contributed by atoms with Gasteiger partial charge in [0.05, 0.1) is 13.2 Å². The van der Waals surface area contributed by atoms with Crippen LogP contribution in [0, 0.1) is 0 Å². The highest BCUT2D eigenvalue weighted by Crippen LogP contribution is 2.44. The van der Waals surface area contributed by atoms with Crippen LogP contribution in [0.4, 0.5) is 0 Å². The number of phosphoric ester groups is 1. The van der Waals surface area contributed by atoms with Crippen molar-refractivity contribution < 1.29 is 28.0 Å². The molecule has 0 aliphatic carbocycles. The van der Waals surface area contributed by atoms with E-state index in [0.717, 1.165) is 38.5 Å². The van der Waals surface area contributed by atoms with Gasteiger partial charge in [0, 0.05) is 6.42 Å². The van der Waals surface area contributed by atoms with Crippen LogP contribution in [0.25, 0.3) is 0 Å². The Bertz CT molecular complexity index is 513. The minimum Gasteiger partial charge on any atom is -0.371 e. The van der Waals surface area contributed by atoms with E-state index in [1.807, 2.05) is 0 Å². The maximum atomic E-state index is 11.6. The molecule has 7 heteroatoms. The third-order valence-electron chi connectivity index (χ3n) is 4.37. The minimum atomic E-state index is -4.29. The smallest absolute Gasteiger partial charge is 0.371 e. The molecule has 0 aromatic heterocycles. The Morgan fingerprint density at radius 2 is 1.64 bits per heavy atom. The fourth-order valence-corrected chi connectivity index (χ4v) is 3.38. The maximum Gasteiger partial charge on any atom is 0.529 e. The Balaban J connectivity index is 1.88. The first-order valence-corrected chi connectivity index (χ1v) is 12.1. The number of carbonyl (C=O) groups excluding carboxylic acids is 1. The number of rotatable bonds is 18. The summed E-state index contributed by atoms with van der Waals surface area (Å²) in [6.45, 7) is 2.71. The van der Waals surface area contributed by atoms with E-state index in [2.05, 4.69) is 40.3 Å². The molecule has 1 N–H and O–H groups in total. The summed E-state index contributed by atoms with van der Waals surface area (Å²) in [5.74, 6) is -0.687. The highest BCUT2D eigenvalue weighted by atomic mass is 31.2. The van der Waals surface area contributed by atoms with Crippen molar-refractivity contribution in [1.82, 2.24) is 0 Å². The van der Waals surface area contributed by atoms with Gasteiger partial charge in [-0.15, -0.1) is 0 Å². The Morgan fingerprint density at radius 3 is 2.29 bits per heavy atom. The first-order chi connectivity index (χ1) is 13.5. The molecular weight excluding hydrogens is 379 g/mol. The number of ether oxygens (including phenoxy) is 1. The van der Waals surface area contributed by atoms with E-state index >= 15 is 0 Å². The summed E-state index contributed by atoms with van der Waals surface area (Å²) >= 11 is 0. The molecule has 0 radical (unpaired) electrons. The van der Waals surface area contributed by atoms with E-state index in [9.17, 15) is 14.3 Å². The zero-order chi connectivity index (χ0) is 20.5. The van der Waals surface area contributed by atoms with Gasteiger partial charge in [0.1, 0.15) is 6.10 Å². The average Bonchev–Trinajstić information content (AvgIpc) is 3.47. The summed E-state index contributed by atoms with van der Waals surface area (Å²) in [6.07, 6.45) is 21.0. The van der Waals surface area contributed by atoms with Crippen molar-refractivity contribution in [2.75, 3.05) is 13.2 Å². The summed E-state index contributed by atoms with van der Waals surface area (Å²) in [5.41, 5.74) is 0. The fraction of sp³-hybridized carbons (Fsp3) is 0.762. The number of allylic oxidation sites excluding steroid dienone is 4. The number of carbonyl (C=O) groups is 1. The third kappa shape index (κ3) is 16.1. The van der Waals surface area contributed by atoms with Crippen LogP contribution >= 0.6 is 7.82 Å². The topological polar surface area (TPSA) is 85.4 Å². The predicted molar refractivity (Wildman–Crippen MR) is 111 cm³/mol. The Hall–Kier alpha value is -0.940. The van der Waals surface area contributed by atoms with Crippen molar-refractivity contribution in [3.8, 4) is 0 Å². The van der Waals surface area contributed by atoms with Crippen molar-refractivity contribution in [1.29, 1.82) is 0 Å². The van der Waals surface area contributed by atoms with Gasteiger partial charge in [-0.1, -0.05) is 63.3 Å². The molecule has 0 aromatic rings. The van der Waals surface area contributed by atoms with Crippen LogP contribution in [-0.2, 0) is 23.1 Å². The molecule has 0 amide bonds. The SMILES string of the molecule is CCCCC/C=C\C/C=C\CCCCCCCC(=O)OP(=O)(O)OCC1CO1. The summed E-state index contributed by atoms with van der Waals surface area (Å²) in [5, 5.41) is 0. The molecule has 1 aliphatic heterocycles. The average molecular weight is 416 g/mol. The molecule has 2 unspecified atom stereocenters. The summed E-state index contributed by atoms with van der Waals surface area (Å²) < 4.78 is 25.6. The predicted octanol–water partition coefficient (Wildman–Crippen LogP) is 5.86. The van der Waals surface area contributed by atoms with E-state index < -0.39 is 13.8 Å². The number of hydrogen-bond donors (Lipinski definition) is 1. The zero-order valence-corrected chi connectivity index (χ0v) is 18.1. The van der Waals surface area contributed by atoms with Crippen molar-refractivity contribution in [2.24, 2.45) is 0 Å². The fourth-order valence-electron chi connectivity index (χ4n) is 2.62. The van der Waals surface area contributed by atoms with Crippen molar-refractivity contribution >= 4 is 13.8 Å². The maximum absolute atomic E-state index is 11.6. The van der Waals surface area contributed by atoms with Gasteiger partial charge >= 0.3 is 13.8 Å². The molecular formula is C21H37O6P. The monoisotopic (exact) mass is 416 g/mol. The van der Waals surface area contributed by atoms with Crippen molar-refractivity contribution in [3.05, 3.63) is 24.3 Å². The first-order valence-electron chi connectivity index (χ1n) is 10.6. The lowest BCUT2D eigenvalue weighted by molar-refractivity contribution is -0.136. The van der Waals surface area contributed by atoms with Gasteiger partial charge in [-0.2, -0.15) is 0 Å². The molecule has 0 spiro atoms. The van der Waals surface area contributed by atoms with Crippen LogP contribution in [0.2, 0.25) is 0 Å². The van der Waals surface area contributed by atoms with Gasteiger partial charge in [-0.25, -0.2) is 4.57 Å². The quantitative estimate of drug-likeness (QED) is 0.130. The molecule has 1 saturated heterocycles. The second-order valence-electron chi connectivity index (χ2n) is 7.16. The normalized spacial score (nSPS) is 18.6. The molecule has 28 heavy (non-hydrogen) atoms. The molecule has 1 heterocycles. The highest BCUT2D eigenvalue weighted by Gasteiger charge is 2.31. The lowest BCUT2D eigenvalue weighted by Gasteiger charge is -2.10. The molecule has 1 rings (SSSR count). The number of hydrogen-bond acceptors (Lipinski definition) is 5. The van der Waals surface area contributed by atoms with Gasteiger partial charge in [0.15, 0.2) is 0 Å². The second kappa shape index (κ2) is 15.9. The van der Waals surface area contributed by atoms with Crippen LogP contribution in [0.3, 0.4) is 0 Å². The molecule has 1 fully saturated rings. The van der Waals surface area contributed by atoms with Gasteiger partial charge in [0.2, 0.25) is 0 Å². The summed E-state index contributed by atoms with van der Waals surface area (Å²) in [4.78, 5) is 21.0. The lowest BCUT2D eigenvalue weighted by Crippen LogP contribution is -2.07. The van der Waals surface area contributed by atoms with E-state index in [4.69, 9.17) is 4.74 Å². The standard InChI is InChI=1S/C21H37O6P/c1-2-3-4-5-6-7-8-9-10-11-12-13-14-15-16-17-21(22)27-28(23,24)26-19-20-18-25-20/h6-7,9-10,20H,2-5,8,11-19H2,1H3,(H,23,24)/b7-6-,10-9-. The molecule has 162 valence electrons. The molecule has 1 aliphatic rings. The van der Waals surface area contributed by atoms with Crippen molar-refractivity contribution in [2.45, 2.75) is 90.1 Å². The highest BCUT2D eigenvalue weighted by molar-refractivity contribution is 7.48. The number of unbranched alkanes of at least 4 members (excludes halogenated alkanes) is 8. The van der Waals surface area contributed by atoms with E-state index in [1.165, 1.54) is 25.7 Å². The lowest BCUT2D eigenvalue weighted by atomic mass is 10.1. The van der Waals surface area contributed by atoms with Crippen LogP contribution in [-0.4, -0.2) is 30.2 Å². The molecule has 6 nitrogen and oxygen atoms in total. The summed E-state index contributed by atoms with van der Waals surface area (Å²) in [6, 6.07) is 0. The second-order valence-corrected chi connectivity index (χ2v) is 8.54. The van der Waals surface area contributed by atoms with E-state index in [0.29, 0.717) is 13.0 Å². The van der Waals surface area contributed by atoms with Crippen LogP contribution in [0.15, 0.2) is 24.3 Å². The van der Waals surface area contributed by atoms with Gasteiger partial charge in [0.25, 0.3) is 0 Å².